The van der Waals surface area contributed by atoms with Crippen molar-refractivity contribution in [3.8, 4) is 0 Å². The van der Waals surface area contributed by atoms with Gasteiger partial charge in [-0.1, -0.05) is 17.7 Å². The van der Waals surface area contributed by atoms with E-state index in [1.54, 1.807) is 0 Å². The molecule has 0 amide bonds. The van der Waals surface area contributed by atoms with Crippen LogP contribution in [0, 0.1) is 0 Å². The van der Waals surface area contributed by atoms with Crippen molar-refractivity contribution in [3.05, 3.63) is 28.8 Å². The lowest BCUT2D eigenvalue weighted by atomic mass is 10.0. The Morgan fingerprint density at radius 3 is 2.56 bits per heavy atom. The van der Waals surface area contributed by atoms with Gasteiger partial charge in [0.05, 0.1) is 0 Å². The molecule has 1 aromatic rings. The average molecular weight is 268 g/mol. The zero-order valence-electron chi connectivity index (χ0n) is 11.2. The number of anilines is 1. The van der Waals surface area contributed by atoms with Crippen LogP contribution in [0.2, 0.25) is 5.02 Å². The van der Waals surface area contributed by atoms with Crippen LogP contribution in [0.1, 0.15) is 18.4 Å². The Bertz CT molecular complexity index is 398. The van der Waals surface area contributed by atoms with Crippen molar-refractivity contribution < 1.29 is 0 Å². The van der Waals surface area contributed by atoms with Crippen molar-refractivity contribution in [1.29, 1.82) is 0 Å². The monoisotopic (exact) mass is 267 g/mol. The molecule has 3 nitrogen and oxygen atoms in total. The summed E-state index contributed by atoms with van der Waals surface area (Å²) < 4.78 is 0. The normalized spacial score (nSPS) is 17.5. The van der Waals surface area contributed by atoms with Crippen molar-refractivity contribution in [3.63, 3.8) is 0 Å². The average Bonchev–Trinajstić information content (AvgIpc) is 2.38. The third-order valence-corrected chi connectivity index (χ3v) is 4.19. The number of nitrogens with two attached hydrogens (primary N) is 1. The SMILES string of the molecule is CN(C)C1CCN(c2cccc(Cl)c2CN)CC1. The van der Waals surface area contributed by atoms with E-state index in [0.717, 1.165) is 23.7 Å². The van der Waals surface area contributed by atoms with E-state index in [1.807, 2.05) is 12.1 Å². The van der Waals surface area contributed by atoms with Gasteiger partial charge >= 0.3 is 0 Å². The summed E-state index contributed by atoms with van der Waals surface area (Å²) in [7, 11) is 4.32. The molecule has 1 aliphatic heterocycles. The van der Waals surface area contributed by atoms with Crippen molar-refractivity contribution >= 4 is 17.3 Å². The molecule has 1 fully saturated rings. The lowest BCUT2D eigenvalue weighted by molar-refractivity contribution is 0.249. The van der Waals surface area contributed by atoms with Gasteiger partial charge in [-0.15, -0.1) is 0 Å². The molecule has 4 heteroatoms. The summed E-state index contributed by atoms with van der Waals surface area (Å²) in [5.41, 5.74) is 8.10. The molecule has 0 unspecified atom stereocenters. The lowest BCUT2D eigenvalue weighted by Crippen LogP contribution is -2.42. The molecule has 0 radical (unpaired) electrons. The second kappa shape index (κ2) is 5.91. The van der Waals surface area contributed by atoms with E-state index in [-0.39, 0.29) is 0 Å². The second-order valence-electron chi connectivity index (χ2n) is 5.12. The van der Waals surface area contributed by atoms with Crippen LogP contribution in [0.3, 0.4) is 0 Å². The Morgan fingerprint density at radius 2 is 2.00 bits per heavy atom. The molecule has 1 aliphatic rings. The Labute approximate surface area is 115 Å². The number of nitrogens with zero attached hydrogens (tertiary/aromatic N) is 2. The van der Waals surface area contributed by atoms with E-state index in [9.17, 15) is 0 Å². The number of rotatable bonds is 3. The quantitative estimate of drug-likeness (QED) is 0.912. The summed E-state index contributed by atoms with van der Waals surface area (Å²) >= 11 is 6.21. The lowest BCUT2D eigenvalue weighted by Gasteiger charge is -2.37. The number of halogens is 1. The molecule has 0 aromatic heterocycles. The van der Waals surface area contributed by atoms with Crippen LogP contribution < -0.4 is 10.6 Å². The maximum absolute atomic E-state index is 6.21. The fraction of sp³-hybridized carbons (Fsp3) is 0.571. The molecule has 0 aliphatic carbocycles. The number of piperidine rings is 1. The van der Waals surface area contributed by atoms with Gasteiger partial charge in [-0.05, 0) is 39.1 Å². The second-order valence-corrected chi connectivity index (χ2v) is 5.53. The van der Waals surface area contributed by atoms with E-state index in [2.05, 4.69) is 30.0 Å². The maximum Gasteiger partial charge on any atom is 0.0471 e. The molecule has 0 saturated carbocycles. The summed E-state index contributed by atoms with van der Waals surface area (Å²) in [5, 5.41) is 0.782. The highest BCUT2D eigenvalue weighted by Crippen LogP contribution is 2.29. The van der Waals surface area contributed by atoms with Crippen molar-refractivity contribution in [2.45, 2.75) is 25.4 Å². The van der Waals surface area contributed by atoms with Gasteiger partial charge in [0.15, 0.2) is 0 Å². The molecule has 1 saturated heterocycles. The minimum absolute atomic E-state index is 0.503. The van der Waals surface area contributed by atoms with E-state index in [1.165, 1.54) is 18.5 Å². The molecular weight excluding hydrogens is 246 g/mol. The fourth-order valence-corrected chi connectivity index (χ4v) is 2.92. The number of hydrogen-bond donors (Lipinski definition) is 1. The summed E-state index contributed by atoms with van der Waals surface area (Å²) in [4.78, 5) is 4.73. The summed E-state index contributed by atoms with van der Waals surface area (Å²) in [6.45, 7) is 2.66. The fourth-order valence-electron chi connectivity index (χ4n) is 2.67. The summed E-state index contributed by atoms with van der Waals surface area (Å²) in [6.07, 6.45) is 2.40. The topological polar surface area (TPSA) is 32.5 Å². The third-order valence-electron chi connectivity index (χ3n) is 3.83. The Hall–Kier alpha value is -0.770. The van der Waals surface area contributed by atoms with Gasteiger partial charge in [-0.25, -0.2) is 0 Å². The predicted octanol–water partition coefficient (Wildman–Crippen LogP) is 2.33. The van der Waals surface area contributed by atoms with Gasteiger partial charge in [-0.2, -0.15) is 0 Å². The Morgan fingerprint density at radius 1 is 1.33 bits per heavy atom. The zero-order chi connectivity index (χ0) is 13.1. The Balaban J connectivity index is 2.12. The molecule has 0 atom stereocenters. The van der Waals surface area contributed by atoms with Crippen LogP contribution in [-0.4, -0.2) is 38.1 Å². The molecule has 1 heterocycles. The molecule has 100 valence electrons. The van der Waals surface area contributed by atoms with Crippen LogP contribution >= 0.6 is 11.6 Å². The van der Waals surface area contributed by atoms with Crippen LogP contribution in [-0.2, 0) is 6.54 Å². The van der Waals surface area contributed by atoms with Crippen LogP contribution in [0.5, 0.6) is 0 Å². The van der Waals surface area contributed by atoms with Crippen molar-refractivity contribution in [2.75, 3.05) is 32.1 Å². The van der Waals surface area contributed by atoms with Gasteiger partial charge in [-0.3, -0.25) is 0 Å². The summed E-state index contributed by atoms with van der Waals surface area (Å²) in [5.74, 6) is 0. The standard InChI is InChI=1S/C14H22ClN3/c1-17(2)11-6-8-18(9-7-11)14-5-3-4-13(15)12(14)10-16/h3-5,11H,6-10,16H2,1-2H3. The highest BCUT2D eigenvalue weighted by atomic mass is 35.5. The van der Waals surface area contributed by atoms with Crippen LogP contribution in [0.4, 0.5) is 5.69 Å². The minimum Gasteiger partial charge on any atom is -0.371 e. The van der Waals surface area contributed by atoms with E-state index in [0.29, 0.717) is 12.6 Å². The predicted molar refractivity (Wildman–Crippen MR) is 78.3 cm³/mol. The van der Waals surface area contributed by atoms with E-state index < -0.39 is 0 Å². The molecular formula is C14H22ClN3. The molecule has 1 aromatic carbocycles. The van der Waals surface area contributed by atoms with Gasteiger partial charge in [0, 0.05) is 41.9 Å². The van der Waals surface area contributed by atoms with Crippen molar-refractivity contribution in [2.24, 2.45) is 5.73 Å². The molecule has 2 N–H and O–H groups in total. The van der Waals surface area contributed by atoms with Crippen molar-refractivity contribution in [1.82, 2.24) is 4.90 Å². The molecule has 18 heavy (non-hydrogen) atoms. The first-order valence-electron chi connectivity index (χ1n) is 6.52. The van der Waals surface area contributed by atoms with Gasteiger partial charge in [0.25, 0.3) is 0 Å². The van der Waals surface area contributed by atoms with E-state index in [4.69, 9.17) is 17.3 Å². The van der Waals surface area contributed by atoms with Crippen LogP contribution in [0.25, 0.3) is 0 Å². The first-order chi connectivity index (χ1) is 8.63. The smallest absolute Gasteiger partial charge is 0.0471 e. The maximum atomic E-state index is 6.21. The zero-order valence-corrected chi connectivity index (χ0v) is 12.0. The van der Waals surface area contributed by atoms with Gasteiger partial charge in [0.2, 0.25) is 0 Å². The first kappa shape index (κ1) is 13.7. The number of benzene rings is 1. The summed E-state index contributed by atoms with van der Waals surface area (Å²) in [6, 6.07) is 6.75. The molecule has 0 bridgehead atoms. The van der Waals surface area contributed by atoms with Crippen LogP contribution in [0.15, 0.2) is 18.2 Å². The van der Waals surface area contributed by atoms with Gasteiger partial charge < -0.3 is 15.5 Å². The van der Waals surface area contributed by atoms with Gasteiger partial charge in [0.1, 0.15) is 0 Å². The number of hydrogen-bond acceptors (Lipinski definition) is 3. The third kappa shape index (κ3) is 2.79. The highest BCUT2D eigenvalue weighted by Gasteiger charge is 2.22. The molecule has 2 rings (SSSR count). The highest BCUT2D eigenvalue weighted by molar-refractivity contribution is 6.31. The minimum atomic E-state index is 0.503. The molecule has 0 spiro atoms. The Kier molecular flexibility index (Phi) is 4.49. The largest absolute Gasteiger partial charge is 0.371 e. The van der Waals surface area contributed by atoms with E-state index >= 15 is 0 Å². The first-order valence-corrected chi connectivity index (χ1v) is 6.90.